The zero-order valence-electron chi connectivity index (χ0n) is 16.6. The van der Waals surface area contributed by atoms with E-state index < -0.39 is 10.7 Å². The minimum absolute atomic E-state index is 0.0522. The van der Waals surface area contributed by atoms with E-state index in [9.17, 15) is 13.2 Å². The summed E-state index contributed by atoms with van der Waals surface area (Å²) in [7, 11) is -2.43. The van der Waals surface area contributed by atoms with Crippen LogP contribution in [-0.2, 0) is 46.4 Å². The Morgan fingerprint density at radius 1 is 0.967 bits per heavy atom. The molecule has 0 aliphatic rings. The highest BCUT2D eigenvalue weighted by molar-refractivity contribution is 7.71. The maximum absolute atomic E-state index is 11.5. The number of thiazole rings is 1. The highest BCUT2D eigenvalue weighted by atomic mass is 35.5. The molecule has 1 heterocycles. The van der Waals surface area contributed by atoms with Crippen LogP contribution in [0.1, 0.15) is 39.7 Å². The van der Waals surface area contributed by atoms with Gasteiger partial charge in [0.2, 0.25) is 5.91 Å². The standard InChI is InChI=1S/C22H23ClN2O3S2/c1-15(26)24-22-25-20(11-10-16-2-6-18(13-23)7-3-16)21(29-22)12-17-4-8-19(9-5-17)14-30(27)28/h2-9,30H,10-14H2,1H3,(H,24,25,26). The van der Waals surface area contributed by atoms with Gasteiger partial charge in [-0.3, -0.25) is 4.79 Å². The Labute approximate surface area is 187 Å². The molecule has 0 aliphatic heterocycles. The molecule has 0 unspecified atom stereocenters. The summed E-state index contributed by atoms with van der Waals surface area (Å²) < 4.78 is 21.8. The van der Waals surface area contributed by atoms with Gasteiger partial charge in [0.15, 0.2) is 5.13 Å². The highest BCUT2D eigenvalue weighted by Gasteiger charge is 2.13. The van der Waals surface area contributed by atoms with Crippen LogP contribution in [-0.4, -0.2) is 19.3 Å². The quantitative estimate of drug-likeness (QED) is 0.366. The van der Waals surface area contributed by atoms with Crippen LogP contribution in [0.4, 0.5) is 5.13 Å². The molecule has 3 aromatic rings. The predicted molar refractivity (Wildman–Crippen MR) is 123 cm³/mol. The molecular formula is C22H23ClN2O3S2. The number of nitrogens with one attached hydrogen (secondary N) is 1. The maximum Gasteiger partial charge on any atom is 0.223 e. The molecule has 5 nitrogen and oxygen atoms in total. The molecule has 158 valence electrons. The zero-order valence-corrected chi connectivity index (χ0v) is 19.0. The number of aromatic nitrogens is 1. The second-order valence-electron chi connectivity index (χ2n) is 7.00. The number of hydrogen-bond donors (Lipinski definition) is 2. The van der Waals surface area contributed by atoms with Crippen molar-refractivity contribution in [2.45, 2.75) is 37.8 Å². The molecule has 1 aromatic heterocycles. The molecule has 0 fully saturated rings. The zero-order chi connectivity index (χ0) is 21.5. The van der Waals surface area contributed by atoms with E-state index in [1.807, 2.05) is 36.4 Å². The summed E-state index contributed by atoms with van der Waals surface area (Å²) in [5.74, 6) is 0.409. The van der Waals surface area contributed by atoms with Gasteiger partial charge in [-0.2, -0.15) is 0 Å². The fraction of sp³-hybridized carbons (Fsp3) is 0.273. The summed E-state index contributed by atoms with van der Waals surface area (Å²) in [4.78, 5) is 17.2. The van der Waals surface area contributed by atoms with Crippen molar-refractivity contribution in [1.29, 1.82) is 0 Å². The first-order chi connectivity index (χ1) is 14.4. The summed E-state index contributed by atoms with van der Waals surface area (Å²) >= 11 is 7.34. The Balaban J connectivity index is 1.76. The third-order valence-corrected chi connectivity index (χ3v) is 6.53. The molecule has 0 saturated heterocycles. The first-order valence-electron chi connectivity index (χ1n) is 9.52. The number of anilines is 1. The predicted octanol–water partition coefficient (Wildman–Crippen LogP) is 4.33. The number of nitrogens with zero attached hydrogens (tertiary/aromatic N) is 1. The largest absolute Gasteiger partial charge is 0.302 e. The molecule has 1 N–H and O–H groups in total. The monoisotopic (exact) mass is 462 g/mol. The SMILES string of the molecule is CC(=O)Nc1nc(CCc2ccc(CCl)cc2)c(Cc2ccc(C[SH](=O)=O)cc2)s1. The van der Waals surface area contributed by atoms with Crippen LogP contribution in [0.2, 0.25) is 0 Å². The number of carbonyl (C=O) groups is 1. The summed E-state index contributed by atoms with van der Waals surface area (Å²) in [6.45, 7) is 1.47. The maximum atomic E-state index is 11.5. The Kier molecular flexibility index (Phi) is 8.01. The number of amides is 1. The number of alkyl halides is 1. The van der Waals surface area contributed by atoms with Crippen molar-refractivity contribution in [3.05, 3.63) is 81.4 Å². The topological polar surface area (TPSA) is 76.1 Å². The van der Waals surface area contributed by atoms with Crippen molar-refractivity contribution >= 4 is 44.7 Å². The molecule has 2 aromatic carbocycles. The smallest absolute Gasteiger partial charge is 0.223 e. The third kappa shape index (κ3) is 6.65. The van der Waals surface area contributed by atoms with Gasteiger partial charge in [-0.25, -0.2) is 13.4 Å². The van der Waals surface area contributed by atoms with Gasteiger partial charge < -0.3 is 5.32 Å². The van der Waals surface area contributed by atoms with Gasteiger partial charge in [0.05, 0.1) is 11.4 Å². The number of thiol groups is 1. The summed E-state index contributed by atoms with van der Waals surface area (Å²) in [6.07, 6.45) is 2.29. The summed E-state index contributed by atoms with van der Waals surface area (Å²) in [5, 5.41) is 3.38. The summed E-state index contributed by atoms with van der Waals surface area (Å²) in [5.41, 5.74) is 5.12. The van der Waals surface area contributed by atoms with Crippen LogP contribution in [0.15, 0.2) is 48.5 Å². The van der Waals surface area contributed by atoms with E-state index in [2.05, 4.69) is 22.4 Å². The van der Waals surface area contributed by atoms with Crippen molar-refractivity contribution in [2.24, 2.45) is 0 Å². The van der Waals surface area contributed by atoms with E-state index in [0.29, 0.717) is 17.4 Å². The number of rotatable bonds is 9. The molecule has 0 atom stereocenters. The average molecular weight is 463 g/mol. The van der Waals surface area contributed by atoms with Crippen LogP contribution in [0.25, 0.3) is 0 Å². The minimum Gasteiger partial charge on any atom is -0.302 e. The van der Waals surface area contributed by atoms with E-state index in [-0.39, 0.29) is 11.7 Å². The molecule has 1 amide bonds. The Bertz CT molecular complexity index is 1070. The van der Waals surface area contributed by atoms with Gasteiger partial charge in [-0.05, 0) is 35.1 Å². The van der Waals surface area contributed by atoms with Crippen LogP contribution < -0.4 is 5.32 Å². The normalized spacial score (nSPS) is 11.0. The van der Waals surface area contributed by atoms with Crippen LogP contribution in [0, 0.1) is 0 Å². The second-order valence-corrected chi connectivity index (χ2v) is 9.34. The van der Waals surface area contributed by atoms with Crippen LogP contribution in [0.5, 0.6) is 0 Å². The van der Waals surface area contributed by atoms with Crippen LogP contribution in [0.3, 0.4) is 0 Å². The molecule has 30 heavy (non-hydrogen) atoms. The van der Waals surface area contributed by atoms with E-state index in [1.165, 1.54) is 23.8 Å². The molecule has 0 bridgehead atoms. The molecule has 0 spiro atoms. The summed E-state index contributed by atoms with van der Waals surface area (Å²) in [6, 6.07) is 15.8. The lowest BCUT2D eigenvalue weighted by Crippen LogP contribution is -2.05. The number of benzene rings is 2. The highest BCUT2D eigenvalue weighted by Crippen LogP contribution is 2.27. The minimum atomic E-state index is -2.43. The molecular weight excluding hydrogens is 440 g/mol. The van der Waals surface area contributed by atoms with E-state index >= 15 is 0 Å². The Hall–Kier alpha value is -2.22. The van der Waals surface area contributed by atoms with E-state index in [4.69, 9.17) is 11.6 Å². The molecule has 0 radical (unpaired) electrons. The fourth-order valence-electron chi connectivity index (χ4n) is 3.08. The van der Waals surface area contributed by atoms with Crippen molar-refractivity contribution < 1.29 is 13.2 Å². The van der Waals surface area contributed by atoms with Gasteiger partial charge in [0.1, 0.15) is 10.7 Å². The molecule has 0 aliphatic carbocycles. The van der Waals surface area contributed by atoms with E-state index in [1.54, 1.807) is 0 Å². The first kappa shape index (κ1) is 22.5. The molecule has 0 saturated carbocycles. The lowest BCUT2D eigenvalue weighted by atomic mass is 10.0. The average Bonchev–Trinajstić information content (AvgIpc) is 3.08. The van der Waals surface area contributed by atoms with Gasteiger partial charge in [-0.15, -0.1) is 22.9 Å². The van der Waals surface area contributed by atoms with Gasteiger partial charge in [0, 0.05) is 24.1 Å². The number of aryl methyl sites for hydroxylation is 2. The Morgan fingerprint density at radius 3 is 2.17 bits per heavy atom. The lowest BCUT2D eigenvalue weighted by molar-refractivity contribution is -0.114. The van der Waals surface area contributed by atoms with Crippen molar-refractivity contribution in [3.8, 4) is 0 Å². The number of halogens is 1. The first-order valence-corrected chi connectivity index (χ1v) is 12.2. The second kappa shape index (κ2) is 10.7. The molecule has 3 rings (SSSR count). The lowest BCUT2D eigenvalue weighted by Gasteiger charge is -2.05. The third-order valence-electron chi connectivity index (χ3n) is 4.59. The number of carbonyl (C=O) groups excluding carboxylic acids is 1. The van der Waals surface area contributed by atoms with Crippen LogP contribution >= 0.6 is 22.9 Å². The van der Waals surface area contributed by atoms with Gasteiger partial charge in [-0.1, -0.05) is 48.5 Å². The van der Waals surface area contributed by atoms with E-state index in [0.717, 1.165) is 40.1 Å². The van der Waals surface area contributed by atoms with Crippen molar-refractivity contribution in [1.82, 2.24) is 4.98 Å². The Morgan fingerprint density at radius 2 is 1.57 bits per heavy atom. The van der Waals surface area contributed by atoms with Crippen molar-refractivity contribution in [2.75, 3.05) is 5.32 Å². The van der Waals surface area contributed by atoms with Crippen molar-refractivity contribution in [3.63, 3.8) is 0 Å². The number of hydrogen-bond acceptors (Lipinski definition) is 5. The van der Waals surface area contributed by atoms with Gasteiger partial charge in [0.25, 0.3) is 0 Å². The van der Waals surface area contributed by atoms with Gasteiger partial charge >= 0.3 is 0 Å². The molecule has 8 heteroatoms. The fourth-order valence-corrected chi connectivity index (χ4v) is 4.85.